The van der Waals surface area contributed by atoms with Gasteiger partial charge in [0.25, 0.3) is 0 Å². The molecule has 0 spiro atoms. The van der Waals surface area contributed by atoms with Crippen LogP contribution in [0.3, 0.4) is 0 Å². The van der Waals surface area contributed by atoms with Gasteiger partial charge in [-0.1, -0.05) is 6.07 Å². The number of carbonyl (C=O) groups is 2. The number of aryl methyl sites for hydroxylation is 1. The van der Waals surface area contributed by atoms with Crippen molar-refractivity contribution in [2.45, 2.75) is 38.3 Å². The molecule has 30 heavy (non-hydrogen) atoms. The van der Waals surface area contributed by atoms with Gasteiger partial charge >= 0.3 is 0 Å². The Morgan fingerprint density at radius 2 is 1.97 bits per heavy atom. The summed E-state index contributed by atoms with van der Waals surface area (Å²) in [5.74, 6) is -0.506. The van der Waals surface area contributed by atoms with Gasteiger partial charge in [-0.3, -0.25) is 14.6 Å². The molecule has 2 aromatic rings. The molecule has 0 bridgehead atoms. The fourth-order valence-electron chi connectivity index (χ4n) is 4.08. The van der Waals surface area contributed by atoms with Crippen LogP contribution in [0.5, 0.6) is 0 Å². The Kier molecular flexibility index (Phi) is 6.06. The number of piperidine rings is 1. The lowest BCUT2D eigenvalue weighted by atomic mass is 9.94. The molecule has 2 aliphatic rings. The number of rotatable bonds is 4. The molecule has 2 unspecified atom stereocenters. The number of halogens is 1. The third kappa shape index (κ3) is 4.49. The smallest absolute Gasteiger partial charge is 0.241 e. The summed E-state index contributed by atoms with van der Waals surface area (Å²) in [4.78, 5) is 31.7. The molecule has 158 valence electrons. The second kappa shape index (κ2) is 8.89. The third-order valence-corrected chi connectivity index (χ3v) is 5.87. The maximum Gasteiger partial charge on any atom is 0.241 e. The van der Waals surface area contributed by atoms with Crippen LogP contribution in [0.25, 0.3) is 0 Å². The summed E-state index contributed by atoms with van der Waals surface area (Å²) in [5, 5.41) is 2.89. The molecule has 1 aromatic carbocycles. The van der Waals surface area contributed by atoms with Crippen molar-refractivity contribution < 1.29 is 14.0 Å². The summed E-state index contributed by atoms with van der Waals surface area (Å²) >= 11 is 0. The van der Waals surface area contributed by atoms with E-state index in [9.17, 15) is 14.0 Å². The van der Waals surface area contributed by atoms with E-state index >= 15 is 0 Å². The summed E-state index contributed by atoms with van der Waals surface area (Å²) in [6.07, 6.45) is 3.61. The number of aromatic nitrogens is 1. The molecule has 2 fully saturated rings. The fraction of sp³-hybridized carbons (Fsp3) is 0.409. The predicted octanol–water partition coefficient (Wildman–Crippen LogP) is 2.31. The van der Waals surface area contributed by atoms with Gasteiger partial charge < -0.3 is 10.2 Å². The van der Waals surface area contributed by atoms with Crippen LogP contribution in [0.2, 0.25) is 0 Å². The number of hydrazine groups is 1. The van der Waals surface area contributed by atoms with Gasteiger partial charge in [0.2, 0.25) is 11.8 Å². The van der Waals surface area contributed by atoms with Crippen molar-refractivity contribution in [2.24, 2.45) is 5.92 Å². The average molecular weight is 411 g/mol. The van der Waals surface area contributed by atoms with Crippen LogP contribution in [0.1, 0.15) is 36.6 Å². The van der Waals surface area contributed by atoms with Crippen molar-refractivity contribution in [3.05, 3.63) is 59.7 Å². The largest absolute Gasteiger partial charge is 0.341 e. The number of nitrogens with one attached hydrogen (secondary N) is 3. The van der Waals surface area contributed by atoms with Crippen molar-refractivity contribution in [3.8, 4) is 0 Å². The summed E-state index contributed by atoms with van der Waals surface area (Å²) in [6.45, 7) is 2.86. The molecule has 3 N–H and O–H groups in total. The first kappa shape index (κ1) is 20.4. The summed E-state index contributed by atoms with van der Waals surface area (Å²) in [5.41, 5.74) is 8.47. The molecule has 7 nitrogen and oxygen atoms in total. The van der Waals surface area contributed by atoms with E-state index in [1.54, 1.807) is 19.2 Å². The summed E-state index contributed by atoms with van der Waals surface area (Å²) in [7, 11) is 0. The third-order valence-electron chi connectivity index (χ3n) is 5.87. The number of amides is 2. The van der Waals surface area contributed by atoms with Gasteiger partial charge in [-0.05, 0) is 62.1 Å². The molecule has 4 rings (SSSR count). The van der Waals surface area contributed by atoms with E-state index in [1.807, 2.05) is 23.1 Å². The maximum atomic E-state index is 13.2. The molecular weight excluding hydrogens is 385 g/mol. The van der Waals surface area contributed by atoms with Gasteiger partial charge in [-0.25, -0.2) is 15.2 Å². The maximum absolute atomic E-state index is 13.2. The molecule has 1 aromatic heterocycles. The van der Waals surface area contributed by atoms with E-state index in [2.05, 4.69) is 21.2 Å². The molecule has 2 atom stereocenters. The summed E-state index contributed by atoms with van der Waals surface area (Å²) in [6, 6.07) is 9.76. The van der Waals surface area contributed by atoms with Crippen molar-refractivity contribution in [1.82, 2.24) is 20.7 Å². The standard InChI is InChI=1S/C22H26FN5O2/c1-14-12-16(23)5-6-17(14)25-21(29)15-7-10-28(11-8-15)22(30)20-13-19(26-27-20)18-4-2-3-9-24-18/h2-6,9,12,15,19-20,26-27H,7-8,10-11,13H2,1H3,(H,25,29). The molecule has 0 radical (unpaired) electrons. The Balaban J connectivity index is 1.28. The number of anilines is 1. The molecule has 0 aliphatic carbocycles. The first-order chi connectivity index (χ1) is 14.5. The highest BCUT2D eigenvalue weighted by atomic mass is 19.1. The van der Waals surface area contributed by atoms with Crippen LogP contribution in [0.4, 0.5) is 10.1 Å². The van der Waals surface area contributed by atoms with Crippen molar-refractivity contribution in [2.75, 3.05) is 18.4 Å². The number of hydrogen-bond donors (Lipinski definition) is 3. The minimum atomic E-state index is -0.322. The number of hydrogen-bond acceptors (Lipinski definition) is 5. The topological polar surface area (TPSA) is 86.4 Å². The zero-order valence-corrected chi connectivity index (χ0v) is 16.9. The number of carbonyl (C=O) groups excluding carboxylic acids is 2. The fourth-order valence-corrected chi connectivity index (χ4v) is 4.08. The average Bonchev–Trinajstić information content (AvgIpc) is 3.26. The van der Waals surface area contributed by atoms with Crippen LogP contribution in [0, 0.1) is 18.7 Å². The molecule has 2 amide bonds. The lowest BCUT2D eigenvalue weighted by Crippen LogP contribution is -2.49. The Morgan fingerprint density at radius 1 is 1.17 bits per heavy atom. The van der Waals surface area contributed by atoms with Crippen molar-refractivity contribution >= 4 is 17.5 Å². The highest BCUT2D eigenvalue weighted by Gasteiger charge is 2.35. The first-order valence-electron chi connectivity index (χ1n) is 10.3. The second-order valence-electron chi connectivity index (χ2n) is 7.93. The van der Waals surface area contributed by atoms with Gasteiger partial charge in [0, 0.05) is 30.9 Å². The zero-order chi connectivity index (χ0) is 21.1. The Morgan fingerprint density at radius 3 is 2.67 bits per heavy atom. The van der Waals surface area contributed by atoms with E-state index < -0.39 is 0 Å². The number of likely N-dealkylation sites (tertiary alicyclic amines) is 1. The number of pyridine rings is 1. The molecule has 2 saturated heterocycles. The quantitative estimate of drug-likeness (QED) is 0.719. The van der Waals surface area contributed by atoms with E-state index in [0.29, 0.717) is 43.6 Å². The lowest BCUT2D eigenvalue weighted by molar-refractivity contribution is -0.136. The van der Waals surface area contributed by atoms with Crippen LogP contribution >= 0.6 is 0 Å². The van der Waals surface area contributed by atoms with Crippen molar-refractivity contribution in [3.63, 3.8) is 0 Å². The van der Waals surface area contributed by atoms with E-state index in [0.717, 1.165) is 5.69 Å². The SMILES string of the molecule is Cc1cc(F)ccc1NC(=O)C1CCN(C(=O)C2CC(c3ccccn3)NN2)CC1. The minimum Gasteiger partial charge on any atom is -0.341 e. The molecule has 0 saturated carbocycles. The Bertz CT molecular complexity index is 915. The second-order valence-corrected chi connectivity index (χ2v) is 7.93. The molecule has 3 heterocycles. The molecule has 2 aliphatic heterocycles. The molecular formula is C22H26FN5O2. The Labute approximate surface area is 175 Å². The van der Waals surface area contributed by atoms with Gasteiger partial charge in [0.1, 0.15) is 11.9 Å². The molecule has 8 heteroatoms. The number of nitrogens with zero attached hydrogens (tertiary/aromatic N) is 2. The highest BCUT2D eigenvalue weighted by Crippen LogP contribution is 2.25. The zero-order valence-electron chi connectivity index (χ0n) is 16.9. The minimum absolute atomic E-state index is 0.00224. The summed E-state index contributed by atoms with van der Waals surface area (Å²) < 4.78 is 13.2. The van der Waals surface area contributed by atoms with Crippen LogP contribution in [-0.2, 0) is 9.59 Å². The van der Waals surface area contributed by atoms with Crippen LogP contribution in [0.15, 0.2) is 42.6 Å². The normalized spacial score (nSPS) is 22.1. The van der Waals surface area contributed by atoms with Crippen LogP contribution < -0.4 is 16.2 Å². The predicted molar refractivity (Wildman–Crippen MR) is 111 cm³/mol. The number of benzene rings is 1. The van der Waals surface area contributed by atoms with Gasteiger partial charge in [-0.15, -0.1) is 0 Å². The first-order valence-corrected chi connectivity index (χ1v) is 10.3. The van der Waals surface area contributed by atoms with E-state index in [1.165, 1.54) is 12.1 Å². The van der Waals surface area contributed by atoms with Crippen LogP contribution in [-0.4, -0.2) is 40.8 Å². The highest BCUT2D eigenvalue weighted by molar-refractivity contribution is 5.93. The monoisotopic (exact) mass is 411 g/mol. The van der Waals surface area contributed by atoms with E-state index in [4.69, 9.17) is 0 Å². The lowest BCUT2D eigenvalue weighted by Gasteiger charge is -2.33. The Hall–Kier alpha value is -2.84. The van der Waals surface area contributed by atoms with Gasteiger partial charge in [0.05, 0.1) is 11.7 Å². The van der Waals surface area contributed by atoms with Gasteiger partial charge in [0.15, 0.2) is 0 Å². The van der Waals surface area contributed by atoms with Gasteiger partial charge in [-0.2, -0.15) is 0 Å². The van der Waals surface area contributed by atoms with Crippen molar-refractivity contribution in [1.29, 1.82) is 0 Å². The van der Waals surface area contributed by atoms with E-state index in [-0.39, 0.29) is 35.6 Å².